The third-order valence-corrected chi connectivity index (χ3v) is 11.3. The highest BCUT2D eigenvalue weighted by atomic mass is 32.1. The molecule has 0 aliphatic carbocycles. The number of rotatable bonds is 21. The summed E-state index contributed by atoms with van der Waals surface area (Å²) in [6.45, 7) is 40.7. The Kier molecular flexibility index (Phi) is 39.0. The average molecular weight is 1120 g/mol. The zero-order chi connectivity index (χ0) is 58.3. The molecule has 0 aliphatic heterocycles. The van der Waals surface area contributed by atoms with Crippen molar-refractivity contribution in [2.24, 2.45) is 7.05 Å². The number of oxazole rings is 1. The Morgan fingerprint density at radius 2 is 0.936 bits per heavy atom. The SMILES string of the molecule is CC(C)OCc1ccccc1.CC(C)OCc1cccn1C.CC(C)OCc1cccs1.Cc1ccc(COC(C)C)cn1.Cc1ncc(COC(C)C)cn1.Cc1ncc(COC(C)C)o1.Cc1ncc(COC(C)C)s1. The lowest BCUT2D eigenvalue weighted by Crippen LogP contribution is -2.04. The van der Waals surface area contributed by atoms with Crippen molar-refractivity contribution in [3.63, 3.8) is 0 Å². The molecule has 0 fully saturated rings. The molecule has 6 heterocycles. The highest BCUT2D eigenvalue weighted by Crippen LogP contribution is 2.14. The van der Waals surface area contributed by atoms with E-state index in [2.05, 4.69) is 59.1 Å². The normalized spacial score (nSPS) is 10.7. The number of hydrogen-bond acceptors (Lipinski definition) is 15. The number of aryl methyl sites for hydroxylation is 5. The first-order chi connectivity index (χ1) is 37.0. The molecular weight excluding hydrogens is 1020 g/mol. The van der Waals surface area contributed by atoms with Crippen LogP contribution in [-0.4, -0.2) is 72.2 Å². The minimum absolute atomic E-state index is 0.236. The van der Waals surface area contributed by atoms with Gasteiger partial charge in [0.15, 0.2) is 5.89 Å². The third-order valence-electron chi connectivity index (χ3n) is 9.61. The van der Waals surface area contributed by atoms with E-state index >= 15 is 0 Å². The molecular formula is C62H96N6O8S2. The van der Waals surface area contributed by atoms with Gasteiger partial charge < -0.3 is 42.1 Å². The van der Waals surface area contributed by atoms with Gasteiger partial charge in [-0.05, 0) is 158 Å². The van der Waals surface area contributed by atoms with Crippen LogP contribution in [0.4, 0.5) is 0 Å². The molecule has 0 spiro atoms. The maximum atomic E-state index is 5.45. The summed E-state index contributed by atoms with van der Waals surface area (Å²) in [6, 6.07) is 22.5. The summed E-state index contributed by atoms with van der Waals surface area (Å²) in [5.74, 6) is 2.27. The van der Waals surface area contributed by atoms with Gasteiger partial charge in [-0.3, -0.25) is 4.98 Å². The van der Waals surface area contributed by atoms with Gasteiger partial charge >= 0.3 is 0 Å². The van der Waals surface area contributed by atoms with Crippen molar-refractivity contribution < 1.29 is 37.6 Å². The fourth-order valence-corrected chi connectivity index (χ4v) is 6.77. The van der Waals surface area contributed by atoms with E-state index in [1.165, 1.54) is 21.0 Å². The molecule has 0 saturated heterocycles. The molecule has 0 unspecified atom stereocenters. The van der Waals surface area contributed by atoms with Crippen LogP contribution >= 0.6 is 22.7 Å². The number of thiazole rings is 1. The second kappa shape index (κ2) is 42.9. The quantitative estimate of drug-likeness (QED) is 0.0673. The smallest absolute Gasteiger partial charge is 0.191 e. The summed E-state index contributed by atoms with van der Waals surface area (Å²) in [6.07, 6.45) is 13.1. The standard InChI is InChI=1S/C10H15NO.C10H14O.C9H14N2O.C9H15NO.C8H13NO2.C8H13NOS.C8H12OS/c1-8(2)12-7-10-5-4-9(3)11-6-10;1-9(2)11-8-10-6-4-3-5-7-10;1-7(2)12-6-9-4-10-8(3)11-5-9;1-8(2)11-7-9-5-4-6-10(9)3;2*1-6(2)10-5-8-4-9-7(3)11-8;1-7(2)9-6-8-4-3-5-10-8/h4-6,8H,7H2,1-3H3;3-7,9H,8H2,1-2H3;4-5,7H,6H2,1-3H3;4-6,8H,7H2,1-3H3;2*4,6H,5H2,1-3H3;3-5,7H,6H2,1-2H3. The first kappa shape index (κ1) is 71.0. The van der Waals surface area contributed by atoms with Crippen LogP contribution in [0.15, 0.2) is 114 Å². The van der Waals surface area contributed by atoms with Crippen LogP contribution in [0, 0.1) is 27.7 Å². The van der Waals surface area contributed by atoms with E-state index in [0.717, 1.165) is 46.6 Å². The minimum Gasteiger partial charge on any atom is -0.444 e. The van der Waals surface area contributed by atoms with Crippen LogP contribution in [-0.2, 0) is 86.5 Å². The average Bonchev–Trinajstić information content (AvgIpc) is 4.24. The summed E-state index contributed by atoms with van der Waals surface area (Å²) >= 11 is 3.43. The van der Waals surface area contributed by atoms with E-state index in [1.807, 2.05) is 193 Å². The van der Waals surface area contributed by atoms with E-state index in [-0.39, 0.29) is 18.3 Å². The molecule has 14 nitrogen and oxygen atoms in total. The number of hydrogen-bond donors (Lipinski definition) is 0. The monoisotopic (exact) mass is 1120 g/mol. The van der Waals surface area contributed by atoms with Crippen molar-refractivity contribution in [3.05, 3.63) is 170 Å². The third kappa shape index (κ3) is 40.2. The van der Waals surface area contributed by atoms with Gasteiger partial charge in [-0.25, -0.2) is 19.9 Å². The lowest BCUT2D eigenvalue weighted by atomic mass is 10.2. The van der Waals surface area contributed by atoms with Gasteiger partial charge in [-0.15, -0.1) is 22.7 Å². The van der Waals surface area contributed by atoms with Gasteiger partial charge in [-0.1, -0.05) is 42.5 Å². The largest absolute Gasteiger partial charge is 0.444 e. The first-order valence-corrected chi connectivity index (χ1v) is 28.7. The molecule has 7 rings (SSSR count). The van der Waals surface area contributed by atoms with Crippen molar-refractivity contribution in [1.29, 1.82) is 0 Å². The zero-order valence-corrected chi connectivity index (χ0v) is 52.3. The van der Waals surface area contributed by atoms with Crippen LogP contribution in [0.3, 0.4) is 0 Å². The topological polar surface area (TPSA) is 147 Å². The molecule has 0 bridgehead atoms. The Morgan fingerprint density at radius 1 is 0.436 bits per heavy atom. The minimum atomic E-state index is 0.236. The van der Waals surface area contributed by atoms with Gasteiger partial charge in [0, 0.05) is 66.8 Å². The molecule has 0 atom stereocenters. The summed E-state index contributed by atoms with van der Waals surface area (Å²) in [7, 11) is 2.03. The van der Waals surface area contributed by atoms with Crippen LogP contribution in [0.5, 0.6) is 0 Å². The Bertz CT molecular complexity index is 2330. The van der Waals surface area contributed by atoms with Gasteiger partial charge in [-0.2, -0.15) is 0 Å². The predicted molar refractivity (Wildman–Crippen MR) is 319 cm³/mol. The molecule has 0 saturated carbocycles. The number of aromatic nitrogens is 6. The van der Waals surface area contributed by atoms with E-state index in [4.69, 9.17) is 37.6 Å². The van der Waals surface area contributed by atoms with Gasteiger partial charge in [0.05, 0.1) is 98.5 Å². The van der Waals surface area contributed by atoms with Crippen LogP contribution in [0.1, 0.15) is 157 Å². The Morgan fingerprint density at radius 3 is 1.38 bits per heavy atom. The Balaban J connectivity index is 0.000000455. The maximum absolute atomic E-state index is 5.45. The van der Waals surface area contributed by atoms with Crippen molar-refractivity contribution in [2.45, 2.75) is 214 Å². The lowest BCUT2D eigenvalue weighted by molar-refractivity contribution is 0.0541. The summed E-state index contributed by atoms with van der Waals surface area (Å²) in [5, 5.41) is 3.17. The number of ether oxygens (including phenoxy) is 7. The van der Waals surface area contributed by atoms with Crippen molar-refractivity contribution >= 4 is 22.7 Å². The van der Waals surface area contributed by atoms with Crippen molar-refractivity contribution in [1.82, 2.24) is 29.5 Å². The Hall–Kier alpha value is -5.01. The van der Waals surface area contributed by atoms with Gasteiger partial charge in [0.2, 0.25) is 0 Å². The number of nitrogens with zero attached hydrogens (tertiary/aromatic N) is 6. The molecule has 434 valence electrons. The van der Waals surface area contributed by atoms with E-state index in [1.54, 1.807) is 41.3 Å². The van der Waals surface area contributed by atoms with E-state index < -0.39 is 0 Å². The fourth-order valence-electron chi connectivity index (χ4n) is 5.42. The van der Waals surface area contributed by atoms with Crippen LogP contribution in [0.2, 0.25) is 0 Å². The lowest BCUT2D eigenvalue weighted by Gasteiger charge is -2.07. The van der Waals surface area contributed by atoms with Gasteiger partial charge in [0.1, 0.15) is 18.2 Å². The molecule has 78 heavy (non-hydrogen) atoms. The second-order valence-corrected chi connectivity index (χ2v) is 22.2. The highest BCUT2D eigenvalue weighted by molar-refractivity contribution is 7.11. The number of thiophene rings is 1. The molecule has 0 N–H and O–H groups in total. The molecule has 1 aromatic carbocycles. The van der Waals surface area contributed by atoms with Gasteiger partial charge in [0.25, 0.3) is 0 Å². The number of pyridine rings is 1. The summed E-state index contributed by atoms with van der Waals surface area (Å²) in [4.78, 5) is 22.9. The molecule has 0 radical (unpaired) electrons. The molecule has 16 heteroatoms. The summed E-state index contributed by atoms with van der Waals surface area (Å²) < 4.78 is 45.1. The predicted octanol–water partition coefficient (Wildman–Crippen LogP) is 15.5. The van der Waals surface area contributed by atoms with E-state index in [9.17, 15) is 0 Å². The van der Waals surface area contributed by atoms with Crippen LogP contribution < -0.4 is 0 Å². The number of benzene rings is 1. The van der Waals surface area contributed by atoms with E-state index in [0.29, 0.717) is 63.3 Å². The first-order valence-electron chi connectivity index (χ1n) is 27.0. The second-order valence-electron chi connectivity index (χ2n) is 19.8. The molecule has 0 aliphatic rings. The molecule has 6 aromatic heterocycles. The zero-order valence-electron chi connectivity index (χ0n) is 50.6. The fraction of sp³-hybridized carbons (Fsp3) is 0.532. The van der Waals surface area contributed by atoms with Crippen LogP contribution in [0.25, 0.3) is 0 Å². The highest BCUT2D eigenvalue weighted by Gasteiger charge is 2.03. The van der Waals surface area contributed by atoms with Crippen molar-refractivity contribution in [3.8, 4) is 0 Å². The molecule has 0 amide bonds. The van der Waals surface area contributed by atoms with Crippen molar-refractivity contribution in [2.75, 3.05) is 0 Å². The Labute approximate surface area is 477 Å². The summed E-state index contributed by atoms with van der Waals surface area (Å²) in [5.41, 5.74) is 5.66. The maximum Gasteiger partial charge on any atom is 0.191 e. The molecule has 7 aromatic rings.